The van der Waals surface area contributed by atoms with Crippen LogP contribution in [-0.2, 0) is 14.8 Å². The predicted molar refractivity (Wildman–Crippen MR) is 77.7 cm³/mol. The number of benzene rings is 1. The lowest BCUT2D eigenvalue weighted by atomic mass is 10.2. The number of aromatic hydroxyl groups is 1. The number of ether oxygens (including phenoxy) is 1. The van der Waals surface area contributed by atoms with E-state index >= 15 is 0 Å². The second-order valence-electron chi connectivity index (χ2n) is 5.45. The molecule has 0 saturated carbocycles. The second-order valence-corrected chi connectivity index (χ2v) is 7.39. The molecule has 7 heteroatoms. The summed E-state index contributed by atoms with van der Waals surface area (Å²) in [5, 5.41) is 9.27. The number of rotatable bonds is 3. The molecule has 0 radical (unpaired) electrons. The van der Waals surface area contributed by atoms with Crippen molar-refractivity contribution in [1.82, 2.24) is 9.21 Å². The molecule has 116 valence electrons. The van der Waals surface area contributed by atoms with Crippen LogP contribution >= 0.6 is 0 Å². The molecule has 0 bridgehead atoms. The van der Waals surface area contributed by atoms with E-state index in [-0.39, 0.29) is 16.7 Å². The Kier molecular flexibility index (Phi) is 4.17. The van der Waals surface area contributed by atoms with Crippen molar-refractivity contribution in [3.05, 3.63) is 24.3 Å². The third-order valence-corrected chi connectivity index (χ3v) is 6.04. The first kappa shape index (κ1) is 14.8. The van der Waals surface area contributed by atoms with Crippen LogP contribution in [0.2, 0.25) is 0 Å². The summed E-state index contributed by atoms with van der Waals surface area (Å²) in [5.74, 6) is 0.0709. The van der Waals surface area contributed by atoms with Crippen molar-refractivity contribution < 1.29 is 18.3 Å². The third kappa shape index (κ3) is 3.06. The monoisotopic (exact) mass is 312 g/mol. The fourth-order valence-corrected chi connectivity index (χ4v) is 4.43. The molecule has 1 aromatic rings. The van der Waals surface area contributed by atoms with Gasteiger partial charge in [0.1, 0.15) is 5.75 Å². The number of phenols is 1. The normalized spacial score (nSPS) is 25.2. The fraction of sp³-hybridized carbons (Fsp3) is 0.571. The minimum Gasteiger partial charge on any atom is -0.508 e. The van der Waals surface area contributed by atoms with Crippen LogP contribution in [0.3, 0.4) is 0 Å². The van der Waals surface area contributed by atoms with E-state index in [1.807, 2.05) is 0 Å². The number of hydrogen-bond acceptors (Lipinski definition) is 5. The molecule has 2 heterocycles. The van der Waals surface area contributed by atoms with Crippen molar-refractivity contribution in [3.8, 4) is 5.75 Å². The van der Waals surface area contributed by atoms with E-state index in [9.17, 15) is 13.5 Å². The average Bonchev–Trinajstić information content (AvgIpc) is 2.99. The molecule has 2 aliphatic rings. The van der Waals surface area contributed by atoms with Crippen LogP contribution in [0.1, 0.15) is 6.42 Å². The standard InChI is InChI=1S/C14H20N2O4S/c17-13-1-3-14(4-2-13)21(18,19)16-6-5-12(11-16)15-7-9-20-10-8-15/h1-4,12,17H,5-11H2. The Bertz CT molecular complexity index is 581. The van der Waals surface area contributed by atoms with Gasteiger partial charge in [-0.15, -0.1) is 0 Å². The van der Waals surface area contributed by atoms with E-state index in [4.69, 9.17) is 4.74 Å². The average molecular weight is 312 g/mol. The van der Waals surface area contributed by atoms with Crippen LogP contribution in [0.4, 0.5) is 0 Å². The van der Waals surface area contributed by atoms with E-state index < -0.39 is 10.0 Å². The Labute approximate surface area is 125 Å². The lowest BCUT2D eigenvalue weighted by Crippen LogP contribution is -2.45. The van der Waals surface area contributed by atoms with E-state index in [1.54, 1.807) is 4.31 Å². The molecular weight excluding hydrogens is 292 g/mol. The highest BCUT2D eigenvalue weighted by molar-refractivity contribution is 7.89. The number of nitrogens with zero attached hydrogens (tertiary/aromatic N) is 2. The largest absolute Gasteiger partial charge is 0.508 e. The molecule has 2 saturated heterocycles. The highest BCUT2D eigenvalue weighted by Gasteiger charge is 2.35. The van der Waals surface area contributed by atoms with Crippen LogP contribution < -0.4 is 0 Å². The number of phenolic OH excluding ortho intramolecular Hbond substituents is 1. The minimum atomic E-state index is -3.46. The Balaban J connectivity index is 1.71. The molecule has 2 fully saturated rings. The van der Waals surface area contributed by atoms with Gasteiger partial charge in [-0.05, 0) is 30.7 Å². The highest BCUT2D eigenvalue weighted by Crippen LogP contribution is 2.25. The Morgan fingerprint density at radius 3 is 2.43 bits per heavy atom. The second kappa shape index (κ2) is 5.92. The summed E-state index contributed by atoms with van der Waals surface area (Å²) >= 11 is 0. The number of sulfonamides is 1. The molecule has 1 unspecified atom stereocenters. The van der Waals surface area contributed by atoms with Gasteiger partial charge in [0.05, 0.1) is 18.1 Å². The fourth-order valence-electron chi connectivity index (χ4n) is 2.94. The highest BCUT2D eigenvalue weighted by atomic mass is 32.2. The van der Waals surface area contributed by atoms with Gasteiger partial charge >= 0.3 is 0 Å². The lowest BCUT2D eigenvalue weighted by Gasteiger charge is -2.32. The smallest absolute Gasteiger partial charge is 0.243 e. The SMILES string of the molecule is O=S(=O)(c1ccc(O)cc1)N1CCC(N2CCOCC2)C1. The molecule has 0 aromatic heterocycles. The van der Waals surface area contributed by atoms with Gasteiger partial charge in [-0.2, -0.15) is 4.31 Å². The first-order valence-corrected chi connectivity index (χ1v) is 8.62. The van der Waals surface area contributed by atoms with Crippen molar-refractivity contribution in [2.24, 2.45) is 0 Å². The van der Waals surface area contributed by atoms with Crippen molar-refractivity contribution in [2.45, 2.75) is 17.4 Å². The first-order chi connectivity index (χ1) is 10.1. The summed E-state index contributed by atoms with van der Waals surface area (Å²) in [4.78, 5) is 2.55. The van der Waals surface area contributed by atoms with Crippen molar-refractivity contribution in [2.75, 3.05) is 39.4 Å². The molecule has 2 aliphatic heterocycles. The van der Waals surface area contributed by atoms with Crippen LogP contribution in [-0.4, -0.2) is 68.2 Å². The summed E-state index contributed by atoms with van der Waals surface area (Å²) in [6, 6.07) is 5.99. The molecule has 6 nitrogen and oxygen atoms in total. The third-order valence-electron chi connectivity index (χ3n) is 4.16. The molecule has 3 rings (SSSR count). The zero-order valence-corrected chi connectivity index (χ0v) is 12.6. The maximum absolute atomic E-state index is 12.6. The van der Waals surface area contributed by atoms with Gasteiger partial charge in [-0.25, -0.2) is 8.42 Å². The maximum atomic E-state index is 12.6. The predicted octanol–water partition coefficient (Wildman–Crippen LogP) is 0.487. The summed E-state index contributed by atoms with van der Waals surface area (Å²) in [5.41, 5.74) is 0. The summed E-state index contributed by atoms with van der Waals surface area (Å²) < 4.78 is 32.0. The molecule has 1 N–H and O–H groups in total. The van der Waals surface area contributed by atoms with Crippen molar-refractivity contribution in [1.29, 1.82) is 0 Å². The molecule has 1 aromatic carbocycles. The van der Waals surface area contributed by atoms with Gasteiger partial charge in [0.2, 0.25) is 10.0 Å². The summed E-state index contributed by atoms with van der Waals surface area (Å²) in [6.45, 7) is 4.27. The maximum Gasteiger partial charge on any atom is 0.243 e. The van der Waals surface area contributed by atoms with Gasteiger partial charge in [-0.1, -0.05) is 0 Å². The van der Waals surface area contributed by atoms with Crippen LogP contribution in [0.25, 0.3) is 0 Å². The quantitative estimate of drug-likeness (QED) is 0.879. The zero-order valence-electron chi connectivity index (χ0n) is 11.8. The zero-order chi connectivity index (χ0) is 14.9. The van der Waals surface area contributed by atoms with E-state index in [1.165, 1.54) is 24.3 Å². The van der Waals surface area contributed by atoms with Crippen molar-refractivity contribution in [3.63, 3.8) is 0 Å². The topological polar surface area (TPSA) is 70.1 Å². The van der Waals surface area contributed by atoms with Crippen LogP contribution in [0, 0.1) is 0 Å². The summed E-state index contributed by atoms with van der Waals surface area (Å²) in [7, 11) is -3.46. The summed E-state index contributed by atoms with van der Waals surface area (Å²) in [6.07, 6.45) is 0.858. The molecular formula is C14H20N2O4S. The lowest BCUT2D eigenvalue weighted by molar-refractivity contribution is 0.0197. The van der Waals surface area contributed by atoms with Crippen LogP contribution in [0.15, 0.2) is 29.2 Å². The number of morpholine rings is 1. The van der Waals surface area contributed by atoms with Gasteiger partial charge in [0, 0.05) is 32.2 Å². The molecule has 0 aliphatic carbocycles. The van der Waals surface area contributed by atoms with Gasteiger partial charge in [0.25, 0.3) is 0 Å². The Morgan fingerprint density at radius 2 is 1.76 bits per heavy atom. The molecule has 0 amide bonds. The van der Waals surface area contributed by atoms with Gasteiger partial charge in [-0.3, -0.25) is 4.90 Å². The van der Waals surface area contributed by atoms with Gasteiger partial charge in [0.15, 0.2) is 0 Å². The Morgan fingerprint density at radius 1 is 1.10 bits per heavy atom. The van der Waals surface area contributed by atoms with Crippen LogP contribution in [0.5, 0.6) is 5.75 Å². The first-order valence-electron chi connectivity index (χ1n) is 7.18. The Hall–Kier alpha value is -1.15. The molecule has 1 atom stereocenters. The van der Waals surface area contributed by atoms with E-state index in [0.717, 1.165) is 32.7 Å². The van der Waals surface area contributed by atoms with Gasteiger partial charge < -0.3 is 9.84 Å². The number of hydrogen-bond donors (Lipinski definition) is 1. The van der Waals surface area contributed by atoms with E-state index in [2.05, 4.69) is 4.90 Å². The van der Waals surface area contributed by atoms with Crippen molar-refractivity contribution >= 4 is 10.0 Å². The van der Waals surface area contributed by atoms with E-state index in [0.29, 0.717) is 13.1 Å². The molecule has 0 spiro atoms. The minimum absolute atomic E-state index is 0.0709. The molecule has 21 heavy (non-hydrogen) atoms.